The molecule has 0 aliphatic heterocycles. The number of carbonyl (C=O) groups excluding carboxylic acids is 1. The minimum atomic E-state index is -0.236. The molecule has 0 saturated carbocycles. The Morgan fingerprint density at radius 1 is 1.30 bits per heavy atom. The lowest BCUT2D eigenvalue weighted by molar-refractivity contribution is 0.102. The molecule has 0 unspecified atom stereocenters. The third-order valence-corrected chi connectivity index (χ3v) is 4.39. The molecule has 1 amide bonds. The Labute approximate surface area is 138 Å². The number of hydrogen-bond acceptors (Lipinski definition) is 5. The highest BCUT2D eigenvalue weighted by atomic mass is 32.2. The largest absolute Gasteiger partial charge is 0.306 e. The summed E-state index contributed by atoms with van der Waals surface area (Å²) in [7, 11) is 0. The number of fused-ring (bicyclic) bond motifs is 1. The van der Waals surface area contributed by atoms with Crippen LogP contribution in [0.2, 0.25) is 0 Å². The van der Waals surface area contributed by atoms with Gasteiger partial charge < -0.3 is 5.32 Å². The molecule has 118 valence electrons. The molecule has 0 atom stereocenters. The maximum atomic E-state index is 12.5. The van der Waals surface area contributed by atoms with Crippen molar-refractivity contribution in [3.05, 3.63) is 53.6 Å². The van der Waals surface area contributed by atoms with E-state index in [1.54, 1.807) is 29.2 Å². The normalized spacial score (nSPS) is 10.9. The topological polar surface area (TPSA) is 72.2 Å². The monoisotopic (exact) mass is 327 g/mol. The van der Waals surface area contributed by atoms with Gasteiger partial charge in [-0.3, -0.25) is 4.79 Å². The number of aryl methyl sites for hydroxylation is 1. The van der Waals surface area contributed by atoms with Crippen molar-refractivity contribution in [2.45, 2.75) is 19.6 Å². The average molecular weight is 327 g/mol. The van der Waals surface area contributed by atoms with Crippen LogP contribution in [-0.4, -0.2) is 31.2 Å². The predicted molar refractivity (Wildman–Crippen MR) is 91.8 cm³/mol. The van der Waals surface area contributed by atoms with Gasteiger partial charge in [-0.05, 0) is 30.4 Å². The van der Waals surface area contributed by atoms with Crippen molar-refractivity contribution < 1.29 is 4.79 Å². The predicted octanol–water partition coefficient (Wildman–Crippen LogP) is 2.94. The summed E-state index contributed by atoms with van der Waals surface area (Å²) in [5.41, 5.74) is 3.09. The molecule has 3 aromatic heterocycles. The van der Waals surface area contributed by atoms with Gasteiger partial charge in [-0.15, -0.1) is 0 Å². The molecule has 3 heterocycles. The fourth-order valence-electron chi connectivity index (χ4n) is 2.25. The smallest absolute Gasteiger partial charge is 0.260 e. The van der Waals surface area contributed by atoms with Gasteiger partial charge in [0, 0.05) is 24.2 Å². The Bertz CT molecular complexity index is 845. The minimum Gasteiger partial charge on any atom is -0.306 e. The van der Waals surface area contributed by atoms with Crippen molar-refractivity contribution in [3.63, 3.8) is 0 Å². The van der Waals surface area contributed by atoms with Crippen molar-refractivity contribution in [2.24, 2.45) is 0 Å². The van der Waals surface area contributed by atoms with E-state index in [0.29, 0.717) is 11.4 Å². The van der Waals surface area contributed by atoms with E-state index in [-0.39, 0.29) is 5.91 Å². The highest BCUT2D eigenvalue weighted by molar-refractivity contribution is 7.98. The number of hydrogen-bond donors (Lipinski definition) is 1. The summed E-state index contributed by atoms with van der Waals surface area (Å²) in [6, 6.07) is 5.65. The Morgan fingerprint density at radius 3 is 3.00 bits per heavy atom. The summed E-state index contributed by atoms with van der Waals surface area (Å²) in [5.74, 6) is 2.27. The second kappa shape index (κ2) is 6.78. The summed E-state index contributed by atoms with van der Waals surface area (Å²) < 4.78 is 1.65. The third-order valence-electron chi connectivity index (χ3n) is 3.44. The lowest BCUT2D eigenvalue weighted by atomic mass is 10.2. The van der Waals surface area contributed by atoms with Crippen LogP contribution in [0.15, 0.2) is 36.8 Å². The van der Waals surface area contributed by atoms with Crippen molar-refractivity contribution in [1.82, 2.24) is 19.6 Å². The van der Waals surface area contributed by atoms with Crippen molar-refractivity contribution in [1.29, 1.82) is 0 Å². The molecule has 3 aromatic rings. The quantitative estimate of drug-likeness (QED) is 0.780. The first-order valence-electron chi connectivity index (χ1n) is 7.32. The Morgan fingerprint density at radius 2 is 2.17 bits per heavy atom. The van der Waals surface area contributed by atoms with Crippen LogP contribution in [0.25, 0.3) is 5.65 Å². The lowest BCUT2D eigenvalue weighted by Crippen LogP contribution is -2.16. The molecule has 0 aliphatic rings. The number of thioether (sulfide) groups is 1. The molecular weight excluding hydrogens is 310 g/mol. The first kappa shape index (κ1) is 15.5. The van der Waals surface area contributed by atoms with Crippen molar-refractivity contribution in [2.75, 3.05) is 11.1 Å². The molecular formula is C16H17N5OS. The van der Waals surface area contributed by atoms with E-state index in [1.165, 1.54) is 0 Å². The maximum Gasteiger partial charge on any atom is 0.260 e. The van der Waals surface area contributed by atoms with E-state index in [9.17, 15) is 4.79 Å². The molecule has 0 fully saturated rings. The molecule has 0 bridgehead atoms. The molecule has 7 heteroatoms. The van der Waals surface area contributed by atoms with E-state index in [2.05, 4.69) is 27.3 Å². The van der Waals surface area contributed by atoms with Crippen molar-refractivity contribution in [3.8, 4) is 0 Å². The van der Waals surface area contributed by atoms with Crippen LogP contribution in [0, 0.1) is 6.92 Å². The molecule has 0 aliphatic carbocycles. The number of carbonyl (C=O) groups is 1. The average Bonchev–Trinajstić information content (AvgIpc) is 3.03. The summed E-state index contributed by atoms with van der Waals surface area (Å²) in [5, 5.41) is 7.00. The van der Waals surface area contributed by atoms with E-state index in [4.69, 9.17) is 0 Å². The van der Waals surface area contributed by atoms with E-state index >= 15 is 0 Å². The summed E-state index contributed by atoms with van der Waals surface area (Å²) in [6.07, 6.45) is 4.94. The van der Waals surface area contributed by atoms with Crippen LogP contribution >= 0.6 is 11.8 Å². The first-order valence-corrected chi connectivity index (χ1v) is 8.48. The number of nitrogens with one attached hydrogen (secondary N) is 1. The number of pyridine rings is 1. The molecule has 0 saturated heterocycles. The fraction of sp³-hybridized carbons (Fsp3) is 0.250. The second-order valence-corrected chi connectivity index (χ2v) is 6.27. The summed E-state index contributed by atoms with van der Waals surface area (Å²) in [4.78, 5) is 20.9. The number of nitrogens with zero attached hydrogens (tertiary/aromatic N) is 4. The maximum absolute atomic E-state index is 12.5. The SMILES string of the molecule is CCSCc1ccnc(NC(=O)c2cnc3ccnn3c2C)c1. The number of aromatic nitrogens is 4. The number of amides is 1. The molecule has 0 spiro atoms. The Hall–Kier alpha value is -2.41. The van der Waals surface area contributed by atoms with Gasteiger partial charge in [0.1, 0.15) is 5.82 Å². The Kier molecular flexibility index (Phi) is 4.57. The van der Waals surface area contributed by atoms with Gasteiger partial charge in [-0.25, -0.2) is 14.5 Å². The molecule has 1 N–H and O–H groups in total. The van der Waals surface area contributed by atoms with Gasteiger partial charge in [-0.1, -0.05) is 6.92 Å². The minimum absolute atomic E-state index is 0.236. The van der Waals surface area contributed by atoms with Gasteiger partial charge in [-0.2, -0.15) is 16.9 Å². The van der Waals surface area contributed by atoms with E-state index in [0.717, 1.165) is 28.4 Å². The molecule has 0 radical (unpaired) electrons. The van der Waals surface area contributed by atoms with Gasteiger partial charge in [0.15, 0.2) is 5.65 Å². The van der Waals surface area contributed by atoms with Crippen LogP contribution in [0.3, 0.4) is 0 Å². The second-order valence-electron chi connectivity index (χ2n) is 5.00. The zero-order valence-corrected chi connectivity index (χ0v) is 13.8. The molecule has 0 aromatic carbocycles. The van der Waals surface area contributed by atoms with Crippen LogP contribution in [-0.2, 0) is 5.75 Å². The van der Waals surface area contributed by atoms with Gasteiger partial charge >= 0.3 is 0 Å². The van der Waals surface area contributed by atoms with Crippen LogP contribution < -0.4 is 5.32 Å². The lowest BCUT2D eigenvalue weighted by Gasteiger charge is -2.09. The highest BCUT2D eigenvalue weighted by Crippen LogP contribution is 2.16. The highest BCUT2D eigenvalue weighted by Gasteiger charge is 2.14. The van der Waals surface area contributed by atoms with Crippen LogP contribution in [0.5, 0.6) is 0 Å². The van der Waals surface area contributed by atoms with Gasteiger partial charge in [0.2, 0.25) is 0 Å². The van der Waals surface area contributed by atoms with E-state index in [1.807, 2.05) is 30.8 Å². The number of rotatable bonds is 5. The third kappa shape index (κ3) is 3.34. The Balaban J connectivity index is 1.81. The van der Waals surface area contributed by atoms with Crippen LogP contribution in [0.4, 0.5) is 5.82 Å². The standard InChI is InChI=1S/C16H17N5OS/c1-3-23-10-12-4-6-17-14(8-12)20-16(22)13-9-18-15-5-7-19-21(15)11(13)2/h4-9H,3,10H2,1-2H3,(H,17,20,22). The van der Waals surface area contributed by atoms with Crippen LogP contribution in [0.1, 0.15) is 28.5 Å². The zero-order chi connectivity index (χ0) is 16.2. The summed E-state index contributed by atoms with van der Waals surface area (Å²) >= 11 is 1.83. The van der Waals surface area contributed by atoms with E-state index < -0.39 is 0 Å². The summed E-state index contributed by atoms with van der Waals surface area (Å²) in [6.45, 7) is 3.97. The van der Waals surface area contributed by atoms with Gasteiger partial charge in [0.05, 0.1) is 17.5 Å². The molecule has 23 heavy (non-hydrogen) atoms. The molecule has 3 rings (SSSR count). The first-order chi connectivity index (χ1) is 11.2. The van der Waals surface area contributed by atoms with Gasteiger partial charge in [0.25, 0.3) is 5.91 Å². The zero-order valence-electron chi connectivity index (χ0n) is 13.0. The van der Waals surface area contributed by atoms with Crippen molar-refractivity contribution >= 4 is 29.1 Å². The number of anilines is 1. The fourth-order valence-corrected chi connectivity index (χ4v) is 2.87. The molecule has 6 nitrogen and oxygen atoms in total.